The molecule has 1 aliphatic rings. The van der Waals surface area contributed by atoms with Crippen LogP contribution in [0.15, 0.2) is 29.4 Å². The normalized spacial score (nSPS) is 20.8. The van der Waals surface area contributed by atoms with Gasteiger partial charge in [0.1, 0.15) is 5.65 Å². The molecule has 108 valence electrons. The van der Waals surface area contributed by atoms with Crippen molar-refractivity contribution >= 4 is 27.3 Å². The van der Waals surface area contributed by atoms with Crippen LogP contribution in [-0.2, 0) is 10.0 Å². The lowest BCUT2D eigenvalue weighted by Gasteiger charge is -2.16. The molecule has 0 aromatic carbocycles. The first-order valence-corrected chi connectivity index (χ1v) is 8.09. The standard InChI is InChI=1S/C12H14ClN3O3S/c13-11-12(16-5-2-1-3-10(16)14-11)20(18,19)15-6-4-9(7-15)8-17/h1-3,5,9,17H,4,6-8H2. The maximum absolute atomic E-state index is 12.7. The van der Waals surface area contributed by atoms with Gasteiger partial charge in [-0.05, 0) is 24.5 Å². The summed E-state index contributed by atoms with van der Waals surface area (Å²) < 4.78 is 28.2. The number of sulfonamides is 1. The van der Waals surface area contributed by atoms with Crippen LogP contribution in [0.4, 0.5) is 0 Å². The molecule has 0 spiro atoms. The highest BCUT2D eigenvalue weighted by Gasteiger charge is 2.35. The van der Waals surface area contributed by atoms with Gasteiger partial charge in [0, 0.05) is 25.9 Å². The Bertz CT molecular complexity index is 743. The Hall–Kier alpha value is -1.15. The van der Waals surface area contributed by atoms with Crippen molar-refractivity contribution in [3.63, 3.8) is 0 Å². The fourth-order valence-corrected chi connectivity index (χ4v) is 4.59. The molecule has 3 heterocycles. The van der Waals surface area contributed by atoms with Crippen LogP contribution in [0.25, 0.3) is 5.65 Å². The van der Waals surface area contributed by atoms with E-state index in [9.17, 15) is 8.42 Å². The molecule has 1 N–H and O–H groups in total. The van der Waals surface area contributed by atoms with Crippen molar-refractivity contribution in [2.45, 2.75) is 11.4 Å². The molecule has 0 bridgehead atoms. The Kier molecular flexibility index (Phi) is 3.45. The van der Waals surface area contributed by atoms with Gasteiger partial charge in [-0.3, -0.25) is 4.40 Å². The summed E-state index contributed by atoms with van der Waals surface area (Å²) >= 11 is 6.01. The molecule has 2 aromatic heterocycles. The zero-order valence-corrected chi connectivity index (χ0v) is 12.2. The number of nitrogens with zero attached hydrogens (tertiary/aromatic N) is 3. The van der Waals surface area contributed by atoms with Gasteiger partial charge in [0.25, 0.3) is 10.0 Å². The zero-order chi connectivity index (χ0) is 14.3. The summed E-state index contributed by atoms with van der Waals surface area (Å²) in [4.78, 5) is 4.06. The molecule has 1 fully saturated rings. The van der Waals surface area contributed by atoms with Crippen molar-refractivity contribution in [2.75, 3.05) is 19.7 Å². The Morgan fingerprint density at radius 3 is 2.95 bits per heavy atom. The summed E-state index contributed by atoms with van der Waals surface area (Å²) in [6.45, 7) is 0.700. The van der Waals surface area contributed by atoms with Gasteiger partial charge < -0.3 is 5.11 Å². The van der Waals surface area contributed by atoms with E-state index >= 15 is 0 Å². The van der Waals surface area contributed by atoms with Crippen molar-refractivity contribution in [3.8, 4) is 0 Å². The van der Waals surface area contributed by atoms with Crippen molar-refractivity contribution in [1.82, 2.24) is 13.7 Å². The number of aliphatic hydroxyl groups is 1. The van der Waals surface area contributed by atoms with Crippen molar-refractivity contribution in [1.29, 1.82) is 0 Å². The molecule has 0 amide bonds. The highest BCUT2D eigenvalue weighted by molar-refractivity contribution is 7.89. The summed E-state index contributed by atoms with van der Waals surface area (Å²) in [6, 6.07) is 5.20. The molecule has 0 saturated carbocycles. The number of hydrogen-bond acceptors (Lipinski definition) is 4. The Labute approximate surface area is 121 Å². The number of pyridine rings is 1. The third-order valence-corrected chi connectivity index (χ3v) is 5.80. The molecule has 1 aliphatic heterocycles. The van der Waals surface area contributed by atoms with Crippen LogP contribution >= 0.6 is 11.6 Å². The van der Waals surface area contributed by atoms with Crippen LogP contribution in [0, 0.1) is 5.92 Å². The zero-order valence-electron chi connectivity index (χ0n) is 10.6. The Balaban J connectivity index is 2.08. The molecule has 20 heavy (non-hydrogen) atoms. The van der Waals surface area contributed by atoms with E-state index in [1.807, 2.05) is 0 Å². The minimum atomic E-state index is -3.70. The van der Waals surface area contributed by atoms with Gasteiger partial charge in [-0.1, -0.05) is 17.7 Å². The van der Waals surface area contributed by atoms with E-state index in [4.69, 9.17) is 16.7 Å². The largest absolute Gasteiger partial charge is 0.396 e. The Morgan fingerprint density at radius 1 is 1.45 bits per heavy atom. The second kappa shape index (κ2) is 5.00. The first-order valence-electron chi connectivity index (χ1n) is 6.27. The quantitative estimate of drug-likeness (QED) is 0.916. The molecule has 1 unspecified atom stereocenters. The van der Waals surface area contributed by atoms with Gasteiger partial charge in [-0.15, -0.1) is 0 Å². The monoisotopic (exact) mass is 315 g/mol. The molecule has 8 heteroatoms. The van der Waals surface area contributed by atoms with Gasteiger partial charge in [0.15, 0.2) is 10.2 Å². The van der Waals surface area contributed by atoms with E-state index in [0.717, 1.165) is 0 Å². The predicted molar refractivity (Wildman–Crippen MR) is 74.2 cm³/mol. The van der Waals surface area contributed by atoms with Crippen LogP contribution in [0.1, 0.15) is 6.42 Å². The average molecular weight is 316 g/mol. The second-order valence-corrected chi connectivity index (χ2v) is 7.05. The van der Waals surface area contributed by atoms with Crippen molar-refractivity contribution in [3.05, 3.63) is 29.5 Å². The van der Waals surface area contributed by atoms with E-state index in [0.29, 0.717) is 25.2 Å². The molecule has 3 rings (SSSR count). The average Bonchev–Trinajstić information content (AvgIpc) is 3.01. The molecule has 6 nitrogen and oxygen atoms in total. The first kappa shape index (κ1) is 13.8. The molecular weight excluding hydrogens is 302 g/mol. The lowest BCUT2D eigenvalue weighted by Crippen LogP contribution is -2.30. The van der Waals surface area contributed by atoms with E-state index in [1.165, 1.54) is 8.71 Å². The summed E-state index contributed by atoms with van der Waals surface area (Å²) in [5.41, 5.74) is 0.494. The number of aromatic nitrogens is 2. The maximum atomic E-state index is 12.7. The second-order valence-electron chi connectivity index (χ2n) is 4.84. The lowest BCUT2D eigenvalue weighted by molar-refractivity contribution is 0.233. The van der Waals surface area contributed by atoms with Gasteiger partial charge in [0.2, 0.25) is 0 Å². The van der Waals surface area contributed by atoms with Gasteiger partial charge >= 0.3 is 0 Å². The molecule has 0 radical (unpaired) electrons. The van der Waals surface area contributed by atoms with Gasteiger partial charge in [0.05, 0.1) is 0 Å². The summed E-state index contributed by atoms with van der Waals surface area (Å²) in [5.74, 6) is -0.0114. The number of fused-ring (bicyclic) bond motifs is 1. The summed E-state index contributed by atoms with van der Waals surface area (Å²) in [5, 5.41) is 9.11. The van der Waals surface area contributed by atoms with Crippen molar-refractivity contribution < 1.29 is 13.5 Å². The fraction of sp³-hybridized carbons (Fsp3) is 0.417. The molecule has 2 aromatic rings. The Morgan fingerprint density at radius 2 is 2.25 bits per heavy atom. The fourth-order valence-electron chi connectivity index (χ4n) is 2.46. The number of imidazole rings is 1. The molecule has 0 aliphatic carbocycles. The van der Waals surface area contributed by atoms with Crippen LogP contribution < -0.4 is 0 Å². The number of rotatable bonds is 3. The van der Waals surface area contributed by atoms with Crippen LogP contribution in [0.2, 0.25) is 5.15 Å². The number of halogens is 1. The summed E-state index contributed by atoms with van der Waals surface area (Å²) in [7, 11) is -3.70. The smallest absolute Gasteiger partial charge is 0.262 e. The summed E-state index contributed by atoms with van der Waals surface area (Å²) in [6.07, 6.45) is 2.28. The minimum absolute atomic E-state index is 0.00615. The highest BCUT2D eigenvalue weighted by atomic mass is 35.5. The van der Waals surface area contributed by atoms with E-state index in [2.05, 4.69) is 4.98 Å². The van der Waals surface area contributed by atoms with Crippen LogP contribution in [0.5, 0.6) is 0 Å². The third kappa shape index (κ3) is 2.10. The van der Waals surface area contributed by atoms with Crippen LogP contribution in [-0.4, -0.2) is 46.9 Å². The number of aliphatic hydroxyl groups excluding tert-OH is 1. The van der Waals surface area contributed by atoms with Gasteiger partial charge in [-0.2, -0.15) is 4.31 Å². The third-order valence-electron chi connectivity index (χ3n) is 3.54. The highest BCUT2D eigenvalue weighted by Crippen LogP contribution is 2.29. The predicted octanol–water partition coefficient (Wildman–Crippen LogP) is 0.991. The lowest BCUT2D eigenvalue weighted by atomic mass is 10.1. The van der Waals surface area contributed by atoms with Gasteiger partial charge in [-0.25, -0.2) is 13.4 Å². The van der Waals surface area contributed by atoms with E-state index in [-0.39, 0.29) is 22.7 Å². The maximum Gasteiger partial charge on any atom is 0.262 e. The van der Waals surface area contributed by atoms with Crippen LogP contribution in [0.3, 0.4) is 0 Å². The molecular formula is C12H14ClN3O3S. The topological polar surface area (TPSA) is 74.9 Å². The SMILES string of the molecule is O=S(=O)(c1c(Cl)nc2ccccn12)N1CCC(CO)C1. The first-order chi connectivity index (χ1) is 9.54. The molecule has 1 atom stereocenters. The van der Waals surface area contributed by atoms with E-state index in [1.54, 1.807) is 24.4 Å². The minimum Gasteiger partial charge on any atom is -0.396 e. The van der Waals surface area contributed by atoms with E-state index < -0.39 is 10.0 Å². The molecule has 1 saturated heterocycles. The van der Waals surface area contributed by atoms with Crippen molar-refractivity contribution in [2.24, 2.45) is 5.92 Å². The number of hydrogen-bond donors (Lipinski definition) is 1.